The summed E-state index contributed by atoms with van der Waals surface area (Å²) < 4.78 is 30.3. The fourth-order valence-electron chi connectivity index (χ4n) is 1.01. The lowest BCUT2D eigenvalue weighted by Crippen LogP contribution is -1.93. The predicted molar refractivity (Wildman–Crippen MR) is 49.6 cm³/mol. The van der Waals surface area contributed by atoms with Crippen LogP contribution >= 0.6 is 0 Å². The van der Waals surface area contributed by atoms with Gasteiger partial charge in [0.25, 0.3) is 0 Å². The minimum absolute atomic E-state index is 0.0754. The third-order valence-corrected chi connectivity index (χ3v) is 1.68. The number of halogens is 2. The number of hydrogen-bond donors (Lipinski definition) is 1. The van der Waals surface area contributed by atoms with Crippen molar-refractivity contribution in [1.82, 2.24) is 0 Å². The molecular weight excluding hydrogens is 206 g/mol. The van der Waals surface area contributed by atoms with Gasteiger partial charge in [0.15, 0.2) is 11.6 Å². The van der Waals surface area contributed by atoms with Crippen molar-refractivity contribution in [1.29, 1.82) is 0 Å². The smallest absolute Gasteiger partial charge is 0.328 e. The quantitative estimate of drug-likeness (QED) is 0.783. The van der Waals surface area contributed by atoms with E-state index in [1.165, 1.54) is 7.11 Å². The van der Waals surface area contributed by atoms with Gasteiger partial charge in [-0.3, -0.25) is 0 Å². The van der Waals surface area contributed by atoms with Crippen molar-refractivity contribution in [2.24, 2.45) is 0 Å². The molecule has 0 bridgehead atoms. The highest BCUT2D eigenvalue weighted by atomic mass is 19.2. The Morgan fingerprint density at radius 3 is 2.53 bits per heavy atom. The summed E-state index contributed by atoms with van der Waals surface area (Å²) in [4.78, 5) is 10.2. The van der Waals surface area contributed by atoms with Gasteiger partial charge in [-0.15, -0.1) is 0 Å². The average molecular weight is 214 g/mol. The molecular formula is C10H8F2O3. The Bertz CT molecular complexity index is 413. The second kappa shape index (κ2) is 4.54. The van der Waals surface area contributed by atoms with E-state index >= 15 is 0 Å². The van der Waals surface area contributed by atoms with Crippen molar-refractivity contribution in [3.05, 3.63) is 35.4 Å². The zero-order valence-corrected chi connectivity index (χ0v) is 7.83. The molecule has 0 aliphatic carbocycles. The van der Waals surface area contributed by atoms with Crippen LogP contribution < -0.4 is 4.74 Å². The summed E-state index contributed by atoms with van der Waals surface area (Å²) in [5.74, 6) is -3.20. The molecule has 80 valence electrons. The van der Waals surface area contributed by atoms with Gasteiger partial charge < -0.3 is 9.84 Å². The van der Waals surface area contributed by atoms with E-state index in [2.05, 4.69) is 0 Å². The summed E-state index contributed by atoms with van der Waals surface area (Å²) in [6.45, 7) is 0. The fourth-order valence-corrected chi connectivity index (χ4v) is 1.01. The van der Waals surface area contributed by atoms with Gasteiger partial charge >= 0.3 is 5.97 Å². The molecule has 1 aromatic carbocycles. The van der Waals surface area contributed by atoms with Gasteiger partial charge in [0, 0.05) is 17.7 Å². The summed E-state index contributed by atoms with van der Waals surface area (Å²) >= 11 is 0. The topological polar surface area (TPSA) is 46.5 Å². The number of methoxy groups -OCH3 is 1. The molecule has 1 aromatic rings. The molecule has 0 aliphatic rings. The SMILES string of the molecule is COc1cc(F)c(F)cc1/C=C/C(=O)O. The molecule has 0 unspecified atom stereocenters. The lowest BCUT2D eigenvalue weighted by atomic mass is 10.1. The Balaban J connectivity index is 3.16. The van der Waals surface area contributed by atoms with E-state index in [1.54, 1.807) is 0 Å². The molecule has 0 radical (unpaired) electrons. The maximum absolute atomic E-state index is 12.8. The van der Waals surface area contributed by atoms with Crippen LogP contribution in [-0.4, -0.2) is 18.2 Å². The monoisotopic (exact) mass is 214 g/mol. The van der Waals surface area contributed by atoms with Crippen molar-refractivity contribution in [3.8, 4) is 5.75 Å². The summed E-state index contributed by atoms with van der Waals surface area (Å²) in [5.41, 5.74) is 0.166. The largest absolute Gasteiger partial charge is 0.496 e. The van der Waals surface area contributed by atoms with Crippen molar-refractivity contribution in [2.75, 3.05) is 7.11 Å². The van der Waals surface area contributed by atoms with Crippen LogP contribution in [0.1, 0.15) is 5.56 Å². The summed E-state index contributed by atoms with van der Waals surface area (Å²) in [5, 5.41) is 8.37. The Hall–Kier alpha value is -1.91. The Kier molecular flexibility index (Phi) is 3.38. The molecule has 0 saturated carbocycles. The molecule has 5 heteroatoms. The van der Waals surface area contributed by atoms with E-state index in [1.807, 2.05) is 0 Å². The van der Waals surface area contributed by atoms with Gasteiger partial charge in [-0.05, 0) is 12.1 Å². The summed E-state index contributed by atoms with van der Waals surface area (Å²) in [6, 6.07) is 1.73. The number of ether oxygens (including phenoxy) is 1. The van der Waals surface area contributed by atoms with Gasteiger partial charge in [-0.1, -0.05) is 0 Å². The van der Waals surface area contributed by atoms with E-state index in [9.17, 15) is 13.6 Å². The zero-order chi connectivity index (χ0) is 11.4. The van der Waals surface area contributed by atoms with Gasteiger partial charge in [0.05, 0.1) is 7.11 Å². The van der Waals surface area contributed by atoms with Gasteiger partial charge in [0.1, 0.15) is 5.75 Å². The number of rotatable bonds is 3. The third-order valence-electron chi connectivity index (χ3n) is 1.68. The van der Waals surface area contributed by atoms with Crippen molar-refractivity contribution in [3.63, 3.8) is 0 Å². The third kappa shape index (κ3) is 2.77. The number of benzene rings is 1. The van der Waals surface area contributed by atoms with Gasteiger partial charge in [-0.25, -0.2) is 13.6 Å². The first-order valence-corrected chi connectivity index (χ1v) is 3.98. The van der Waals surface area contributed by atoms with Crippen LogP contribution in [0, 0.1) is 11.6 Å². The Morgan fingerprint density at radius 1 is 1.40 bits per heavy atom. The first kappa shape index (κ1) is 11.2. The molecule has 0 heterocycles. The number of aliphatic carboxylic acids is 1. The van der Waals surface area contributed by atoms with Crippen LogP contribution in [0.5, 0.6) is 5.75 Å². The molecule has 0 amide bonds. The van der Waals surface area contributed by atoms with Crippen LogP contribution in [-0.2, 0) is 4.79 Å². The van der Waals surface area contributed by atoms with E-state index in [0.29, 0.717) is 0 Å². The van der Waals surface area contributed by atoms with E-state index in [0.717, 1.165) is 24.3 Å². The van der Waals surface area contributed by atoms with Crippen LogP contribution in [0.3, 0.4) is 0 Å². The minimum Gasteiger partial charge on any atom is -0.496 e. The predicted octanol–water partition coefficient (Wildman–Crippen LogP) is 2.07. The lowest BCUT2D eigenvalue weighted by molar-refractivity contribution is -0.131. The highest BCUT2D eigenvalue weighted by molar-refractivity contribution is 5.85. The Morgan fingerprint density at radius 2 is 2.00 bits per heavy atom. The van der Waals surface area contributed by atoms with Crippen LogP contribution in [0.25, 0.3) is 6.08 Å². The van der Waals surface area contributed by atoms with Crippen LogP contribution in [0.2, 0.25) is 0 Å². The highest BCUT2D eigenvalue weighted by Gasteiger charge is 2.08. The first-order chi connectivity index (χ1) is 7.04. The lowest BCUT2D eigenvalue weighted by Gasteiger charge is -2.04. The van der Waals surface area contributed by atoms with Gasteiger partial charge in [0.2, 0.25) is 0 Å². The number of carbonyl (C=O) groups is 1. The second-order valence-electron chi connectivity index (χ2n) is 2.68. The number of hydrogen-bond acceptors (Lipinski definition) is 2. The first-order valence-electron chi connectivity index (χ1n) is 3.98. The molecule has 15 heavy (non-hydrogen) atoms. The molecule has 0 fully saturated rings. The van der Waals surface area contributed by atoms with E-state index in [4.69, 9.17) is 9.84 Å². The zero-order valence-electron chi connectivity index (χ0n) is 7.83. The van der Waals surface area contributed by atoms with Crippen molar-refractivity contribution < 1.29 is 23.4 Å². The van der Waals surface area contributed by atoms with Crippen molar-refractivity contribution >= 4 is 12.0 Å². The molecule has 3 nitrogen and oxygen atoms in total. The van der Waals surface area contributed by atoms with Gasteiger partial charge in [-0.2, -0.15) is 0 Å². The average Bonchev–Trinajstić information content (AvgIpc) is 2.19. The normalized spacial score (nSPS) is 10.6. The van der Waals surface area contributed by atoms with Crippen LogP contribution in [0.15, 0.2) is 18.2 Å². The molecule has 1 rings (SSSR count). The fraction of sp³-hybridized carbons (Fsp3) is 0.100. The summed E-state index contributed by atoms with van der Waals surface area (Å²) in [7, 11) is 1.28. The van der Waals surface area contributed by atoms with E-state index < -0.39 is 17.6 Å². The van der Waals surface area contributed by atoms with E-state index in [-0.39, 0.29) is 11.3 Å². The standard InChI is InChI=1S/C10H8F2O3/c1-15-9-5-8(12)7(11)4-6(9)2-3-10(13)14/h2-5H,1H3,(H,13,14)/b3-2+. The summed E-state index contributed by atoms with van der Waals surface area (Å²) in [6.07, 6.45) is 1.94. The highest BCUT2D eigenvalue weighted by Crippen LogP contribution is 2.23. The molecule has 0 aromatic heterocycles. The molecule has 0 spiro atoms. The van der Waals surface area contributed by atoms with Crippen LogP contribution in [0.4, 0.5) is 8.78 Å². The molecule has 0 aliphatic heterocycles. The molecule has 1 N–H and O–H groups in total. The number of carboxylic acid groups (broad SMARTS) is 1. The maximum Gasteiger partial charge on any atom is 0.328 e. The molecule has 0 saturated heterocycles. The van der Waals surface area contributed by atoms with Crippen molar-refractivity contribution in [2.45, 2.75) is 0 Å². The second-order valence-corrected chi connectivity index (χ2v) is 2.68. The number of carboxylic acids is 1. The Labute approximate surface area is 84.6 Å². The minimum atomic E-state index is -1.18. The molecule has 0 atom stereocenters. The maximum atomic E-state index is 12.8.